The normalized spacial score (nSPS) is 12.7. The first-order chi connectivity index (χ1) is 8.51. The molecule has 1 heterocycles. The van der Waals surface area contributed by atoms with Crippen molar-refractivity contribution in [2.45, 2.75) is 52.7 Å². The molecule has 0 aliphatic carbocycles. The topological polar surface area (TPSA) is 85.8 Å². The van der Waals surface area contributed by atoms with E-state index in [-0.39, 0.29) is 18.5 Å². The van der Waals surface area contributed by atoms with E-state index in [1.165, 1.54) is 4.68 Å². The van der Waals surface area contributed by atoms with E-state index in [1.807, 2.05) is 6.92 Å². The van der Waals surface area contributed by atoms with Gasteiger partial charge in [0.05, 0.1) is 11.9 Å². The molecule has 0 radical (unpaired) electrons. The highest BCUT2D eigenvalue weighted by molar-refractivity contribution is 5.75. The van der Waals surface area contributed by atoms with E-state index in [4.69, 9.17) is 5.73 Å². The minimum atomic E-state index is -0.0419. The van der Waals surface area contributed by atoms with Gasteiger partial charge >= 0.3 is 0 Å². The Morgan fingerprint density at radius 1 is 1.44 bits per heavy atom. The summed E-state index contributed by atoms with van der Waals surface area (Å²) in [6.45, 7) is 6.91. The summed E-state index contributed by atoms with van der Waals surface area (Å²) in [5.41, 5.74) is 6.12. The largest absolute Gasteiger partial charge is 0.352 e. The van der Waals surface area contributed by atoms with E-state index in [9.17, 15) is 4.79 Å². The summed E-state index contributed by atoms with van der Waals surface area (Å²) in [7, 11) is 0. The van der Waals surface area contributed by atoms with Crippen molar-refractivity contribution in [2.24, 2.45) is 11.7 Å². The maximum absolute atomic E-state index is 11.7. The summed E-state index contributed by atoms with van der Waals surface area (Å²) in [5, 5.41) is 10.6. The quantitative estimate of drug-likeness (QED) is 0.748. The molecule has 102 valence electrons. The number of carbonyl (C=O) groups is 1. The summed E-state index contributed by atoms with van der Waals surface area (Å²) < 4.78 is 1.51. The van der Waals surface area contributed by atoms with Gasteiger partial charge in [-0.15, -0.1) is 5.10 Å². The lowest BCUT2D eigenvalue weighted by Gasteiger charge is -2.14. The monoisotopic (exact) mass is 253 g/mol. The fourth-order valence-electron chi connectivity index (χ4n) is 1.63. The van der Waals surface area contributed by atoms with Crippen LogP contribution in [0.25, 0.3) is 0 Å². The van der Waals surface area contributed by atoms with Crippen LogP contribution in [0.2, 0.25) is 0 Å². The number of nitrogens with zero attached hydrogens (tertiary/aromatic N) is 3. The number of carbonyl (C=O) groups excluding carboxylic acids is 1. The van der Waals surface area contributed by atoms with Crippen LogP contribution in [0.3, 0.4) is 0 Å². The number of amides is 1. The summed E-state index contributed by atoms with van der Waals surface area (Å²) in [6, 6.07) is 0.192. The Bertz CT molecular complexity index is 374. The van der Waals surface area contributed by atoms with Crippen LogP contribution in [0.15, 0.2) is 6.20 Å². The molecule has 0 bridgehead atoms. The van der Waals surface area contributed by atoms with Crippen LogP contribution >= 0.6 is 0 Å². The highest BCUT2D eigenvalue weighted by Crippen LogP contribution is 2.06. The Hall–Kier alpha value is -1.43. The van der Waals surface area contributed by atoms with Gasteiger partial charge in [0.2, 0.25) is 5.91 Å². The molecule has 0 fully saturated rings. The molecular weight excluding hydrogens is 230 g/mol. The van der Waals surface area contributed by atoms with Crippen LogP contribution in [-0.4, -0.2) is 26.9 Å². The van der Waals surface area contributed by atoms with Gasteiger partial charge in [0.1, 0.15) is 6.54 Å². The zero-order valence-electron chi connectivity index (χ0n) is 11.4. The second-order valence-electron chi connectivity index (χ2n) is 5.05. The minimum absolute atomic E-state index is 0.0419. The molecule has 1 rings (SSSR count). The molecule has 3 N–H and O–H groups in total. The molecule has 6 nitrogen and oxygen atoms in total. The minimum Gasteiger partial charge on any atom is -0.352 e. The van der Waals surface area contributed by atoms with Crippen molar-refractivity contribution in [3.63, 3.8) is 0 Å². The van der Waals surface area contributed by atoms with E-state index >= 15 is 0 Å². The van der Waals surface area contributed by atoms with Crippen molar-refractivity contribution in [2.75, 3.05) is 0 Å². The second-order valence-corrected chi connectivity index (χ2v) is 5.05. The van der Waals surface area contributed by atoms with Crippen LogP contribution in [0.5, 0.6) is 0 Å². The number of nitrogens with two attached hydrogens (primary N) is 1. The van der Waals surface area contributed by atoms with Crippen LogP contribution in [-0.2, 0) is 17.9 Å². The SMILES string of the molecule is CC(C)CCC(C)NC(=O)Cn1cc(CN)nn1. The van der Waals surface area contributed by atoms with Crippen LogP contribution in [0.1, 0.15) is 39.3 Å². The zero-order valence-corrected chi connectivity index (χ0v) is 11.4. The molecule has 1 amide bonds. The lowest BCUT2D eigenvalue weighted by molar-refractivity contribution is -0.122. The van der Waals surface area contributed by atoms with Gasteiger partial charge in [-0.3, -0.25) is 4.79 Å². The van der Waals surface area contributed by atoms with Crippen LogP contribution in [0, 0.1) is 5.92 Å². The average molecular weight is 253 g/mol. The molecule has 0 aromatic carbocycles. The van der Waals surface area contributed by atoms with Crippen LogP contribution < -0.4 is 11.1 Å². The first kappa shape index (κ1) is 14.6. The third-order valence-electron chi connectivity index (χ3n) is 2.69. The van der Waals surface area contributed by atoms with Gasteiger partial charge in [-0.25, -0.2) is 4.68 Å². The second kappa shape index (κ2) is 7.10. The third-order valence-corrected chi connectivity index (χ3v) is 2.69. The number of hydrogen-bond acceptors (Lipinski definition) is 4. The first-order valence-corrected chi connectivity index (χ1v) is 6.39. The van der Waals surface area contributed by atoms with E-state index in [1.54, 1.807) is 6.20 Å². The van der Waals surface area contributed by atoms with Crippen molar-refractivity contribution >= 4 is 5.91 Å². The summed E-state index contributed by atoms with van der Waals surface area (Å²) >= 11 is 0. The molecule has 1 unspecified atom stereocenters. The number of rotatable bonds is 7. The fourth-order valence-corrected chi connectivity index (χ4v) is 1.63. The van der Waals surface area contributed by atoms with Crippen molar-refractivity contribution in [1.29, 1.82) is 0 Å². The molecule has 0 aliphatic heterocycles. The van der Waals surface area contributed by atoms with Gasteiger partial charge in [-0.2, -0.15) is 0 Å². The smallest absolute Gasteiger partial charge is 0.242 e. The molecule has 6 heteroatoms. The molecule has 1 aromatic heterocycles. The molecule has 18 heavy (non-hydrogen) atoms. The lowest BCUT2D eigenvalue weighted by atomic mass is 10.0. The Kier molecular flexibility index (Phi) is 5.77. The Morgan fingerprint density at radius 3 is 2.72 bits per heavy atom. The molecule has 0 saturated carbocycles. The number of aromatic nitrogens is 3. The number of hydrogen-bond donors (Lipinski definition) is 2. The van der Waals surface area contributed by atoms with Gasteiger partial charge in [0.15, 0.2) is 0 Å². The molecular formula is C12H23N5O. The maximum Gasteiger partial charge on any atom is 0.242 e. The molecule has 1 atom stereocenters. The average Bonchev–Trinajstić information content (AvgIpc) is 2.73. The van der Waals surface area contributed by atoms with Gasteiger partial charge in [0, 0.05) is 12.6 Å². The molecule has 0 aliphatic rings. The summed E-state index contributed by atoms with van der Waals surface area (Å²) in [4.78, 5) is 11.7. The first-order valence-electron chi connectivity index (χ1n) is 6.39. The fraction of sp³-hybridized carbons (Fsp3) is 0.750. The molecule has 1 aromatic rings. The third kappa shape index (κ3) is 5.27. The lowest BCUT2D eigenvalue weighted by Crippen LogP contribution is -2.35. The Morgan fingerprint density at radius 2 is 2.17 bits per heavy atom. The van der Waals surface area contributed by atoms with Gasteiger partial charge in [-0.05, 0) is 25.7 Å². The van der Waals surface area contributed by atoms with Crippen molar-refractivity contribution in [3.05, 3.63) is 11.9 Å². The Labute approximate surface area is 108 Å². The highest BCUT2D eigenvalue weighted by Gasteiger charge is 2.09. The van der Waals surface area contributed by atoms with E-state index in [0.29, 0.717) is 18.2 Å². The van der Waals surface area contributed by atoms with E-state index in [2.05, 4.69) is 29.5 Å². The van der Waals surface area contributed by atoms with Gasteiger partial charge in [0.25, 0.3) is 0 Å². The number of nitrogens with one attached hydrogen (secondary N) is 1. The van der Waals surface area contributed by atoms with Crippen molar-refractivity contribution < 1.29 is 4.79 Å². The molecule has 0 saturated heterocycles. The predicted molar refractivity (Wildman–Crippen MR) is 69.6 cm³/mol. The van der Waals surface area contributed by atoms with Crippen molar-refractivity contribution in [1.82, 2.24) is 20.3 Å². The zero-order chi connectivity index (χ0) is 13.5. The van der Waals surface area contributed by atoms with Crippen molar-refractivity contribution in [3.8, 4) is 0 Å². The van der Waals surface area contributed by atoms with Gasteiger partial charge < -0.3 is 11.1 Å². The van der Waals surface area contributed by atoms with E-state index < -0.39 is 0 Å². The molecule has 0 spiro atoms. The highest BCUT2D eigenvalue weighted by atomic mass is 16.2. The summed E-state index contributed by atoms with van der Waals surface area (Å²) in [5.74, 6) is 0.617. The van der Waals surface area contributed by atoms with Gasteiger partial charge in [-0.1, -0.05) is 19.1 Å². The van der Waals surface area contributed by atoms with Crippen LogP contribution in [0.4, 0.5) is 0 Å². The summed E-state index contributed by atoms with van der Waals surface area (Å²) in [6.07, 6.45) is 3.80. The van der Waals surface area contributed by atoms with E-state index in [0.717, 1.165) is 12.8 Å². The Balaban J connectivity index is 2.32. The predicted octanol–water partition coefficient (Wildman–Crippen LogP) is 0.678. The standard InChI is InChI=1S/C12H23N5O/c1-9(2)4-5-10(3)14-12(18)8-17-7-11(6-13)15-16-17/h7,9-10H,4-6,8,13H2,1-3H3,(H,14,18). The maximum atomic E-state index is 11.7.